The summed E-state index contributed by atoms with van der Waals surface area (Å²) in [5.41, 5.74) is 1.67. The number of nitrogens with one attached hydrogen (secondary N) is 2. The average molecular weight is 496 g/mol. The molecule has 2 amide bonds. The van der Waals surface area contributed by atoms with Gasteiger partial charge >= 0.3 is 5.97 Å². The van der Waals surface area contributed by atoms with Crippen molar-refractivity contribution in [3.63, 3.8) is 0 Å². The maximum atomic E-state index is 13.0. The second-order valence-corrected chi connectivity index (χ2v) is 8.84. The Labute approximate surface area is 206 Å². The van der Waals surface area contributed by atoms with Crippen molar-refractivity contribution in [2.24, 2.45) is 0 Å². The molecule has 1 atom stereocenters. The molecule has 1 aliphatic rings. The Morgan fingerprint density at radius 3 is 2.80 bits per heavy atom. The highest BCUT2D eigenvalue weighted by Gasteiger charge is 2.31. The van der Waals surface area contributed by atoms with Crippen LogP contribution < -0.4 is 15.5 Å². The van der Waals surface area contributed by atoms with Gasteiger partial charge in [-0.25, -0.2) is 14.6 Å². The maximum absolute atomic E-state index is 13.0. The molecule has 0 bridgehead atoms. The van der Waals surface area contributed by atoms with E-state index in [0.29, 0.717) is 30.3 Å². The largest absolute Gasteiger partial charge is 0.469 e. The van der Waals surface area contributed by atoms with E-state index in [-0.39, 0.29) is 24.1 Å². The first kappa shape index (κ1) is 24.2. The van der Waals surface area contributed by atoms with E-state index in [0.717, 1.165) is 10.5 Å². The van der Waals surface area contributed by atoms with Gasteiger partial charge in [-0.1, -0.05) is 30.3 Å². The number of hydrogen-bond acceptors (Lipinski definition) is 9. The number of aromatic nitrogens is 4. The number of esters is 1. The lowest BCUT2D eigenvalue weighted by molar-refractivity contribution is -0.140. The smallest absolute Gasteiger partial charge is 0.307 e. The van der Waals surface area contributed by atoms with Gasteiger partial charge in [-0.05, 0) is 11.6 Å². The van der Waals surface area contributed by atoms with Gasteiger partial charge in [0.05, 0.1) is 32.0 Å². The zero-order valence-electron chi connectivity index (χ0n) is 19.3. The van der Waals surface area contributed by atoms with E-state index in [1.807, 2.05) is 36.4 Å². The molecule has 35 heavy (non-hydrogen) atoms. The summed E-state index contributed by atoms with van der Waals surface area (Å²) < 4.78 is 6.21. The number of pyridine rings is 1. The number of hydrogen-bond donors (Lipinski definition) is 2. The molecule has 12 heteroatoms. The quantitative estimate of drug-likeness (QED) is 0.447. The third-order valence-electron chi connectivity index (χ3n) is 5.34. The molecule has 3 heterocycles. The molecular weight excluding hydrogens is 470 g/mol. The van der Waals surface area contributed by atoms with Crippen LogP contribution in [0.2, 0.25) is 0 Å². The molecule has 1 aliphatic heterocycles. The number of anilines is 2. The minimum atomic E-state index is -0.762. The van der Waals surface area contributed by atoms with Gasteiger partial charge in [0.2, 0.25) is 11.7 Å². The molecule has 3 aromatic rings. The summed E-state index contributed by atoms with van der Waals surface area (Å²) in [4.78, 5) is 47.9. The highest BCUT2D eigenvalue weighted by atomic mass is 32.2. The SMILES string of the molecule is COC(=O)CCNc1cc2c(cn1)N(C)C(=O)[C@@H](NC(=O)c1ncn(Cc3ccccc3)n1)CS2. The predicted molar refractivity (Wildman–Crippen MR) is 130 cm³/mol. The fourth-order valence-electron chi connectivity index (χ4n) is 3.46. The molecule has 0 spiro atoms. The fourth-order valence-corrected chi connectivity index (χ4v) is 4.56. The van der Waals surface area contributed by atoms with Gasteiger partial charge in [-0.2, -0.15) is 0 Å². The van der Waals surface area contributed by atoms with Crippen LogP contribution in [0.25, 0.3) is 0 Å². The highest BCUT2D eigenvalue weighted by molar-refractivity contribution is 7.99. The van der Waals surface area contributed by atoms with E-state index >= 15 is 0 Å². The van der Waals surface area contributed by atoms with E-state index in [2.05, 4.69) is 30.4 Å². The summed E-state index contributed by atoms with van der Waals surface area (Å²) in [6, 6.07) is 10.8. The average Bonchev–Trinajstić information content (AvgIpc) is 3.30. The van der Waals surface area contributed by atoms with Crippen LogP contribution in [0.15, 0.2) is 53.8 Å². The fraction of sp³-hybridized carbons (Fsp3) is 0.304. The third-order valence-corrected chi connectivity index (χ3v) is 6.47. The number of likely N-dealkylation sites (N-methyl/N-ethyl adjacent to an activating group) is 1. The number of benzene rings is 1. The van der Waals surface area contributed by atoms with Crippen LogP contribution in [-0.4, -0.2) is 70.0 Å². The second-order valence-electron chi connectivity index (χ2n) is 7.78. The van der Waals surface area contributed by atoms with Crippen LogP contribution in [-0.2, 0) is 20.9 Å². The van der Waals surface area contributed by atoms with Gasteiger partial charge in [-0.3, -0.25) is 14.4 Å². The van der Waals surface area contributed by atoms with Gasteiger partial charge in [0.25, 0.3) is 5.91 Å². The van der Waals surface area contributed by atoms with Gasteiger partial charge in [0.15, 0.2) is 0 Å². The summed E-state index contributed by atoms with van der Waals surface area (Å²) in [5, 5.41) is 10.1. The van der Waals surface area contributed by atoms with Gasteiger partial charge in [-0.15, -0.1) is 16.9 Å². The number of fused-ring (bicyclic) bond motifs is 1. The molecule has 0 saturated heterocycles. The van der Waals surface area contributed by atoms with Crippen LogP contribution in [0.5, 0.6) is 0 Å². The van der Waals surface area contributed by atoms with Crippen molar-refractivity contribution >= 4 is 41.1 Å². The number of methoxy groups -OCH3 is 1. The first-order chi connectivity index (χ1) is 16.9. The Morgan fingerprint density at radius 1 is 1.23 bits per heavy atom. The minimum Gasteiger partial charge on any atom is -0.469 e. The Kier molecular flexibility index (Phi) is 7.60. The van der Waals surface area contributed by atoms with Crippen molar-refractivity contribution in [3.05, 3.63) is 60.3 Å². The van der Waals surface area contributed by atoms with E-state index in [1.165, 1.54) is 30.1 Å². The van der Waals surface area contributed by atoms with Gasteiger partial charge in [0.1, 0.15) is 18.2 Å². The van der Waals surface area contributed by atoms with E-state index < -0.39 is 11.9 Å². The molecule has 0 fully saturated rings. The number of rotatable bonds is 8. The van der Waals surface area contributed by atoms with Crippen LogP contribution in [0, 0.1) is 0 Å². The number of thioether (sulfide) groups is 1. The molecule has 0 radical (unpaired) electrons. The van der Waals surface area contributed by atoms with Crippen molar-refractivity contribution in [3.8, 4) is 0 Å². The van der Waals surface area contributed by atoms with Crippen molar-refractivity contribution < 1.29 is 19.1 Å². The van der Waals surface area contributed by atoms with Crippen molar-refractivity contribution in [1.82, 2.24) is 25.1 Å². The zero-order valence-corrected chi connectivity index (χ0v) is 20.1. The Morgan fingerprint density at radius 2 is 2.03 bits per heavy atom. The molecule has 0 unspecified atom stereocenters. The predicted octanol–water partition coefficient (Wildman–Crippen LogP) is 1.56. The molecule has 11 nitrogen and oxygen atoms in total. The van der Waals surface area contributed by atoms with Crippen molar-refractivity contribution in [2.75, 3.05) is 36.7 Å². The summed E-state index contributed by atoms with van der Waals surface area (Å²) in [6.45, 7) is 0.862. The zero-order chi connectivity index (χ0) is 24.8. The van der Waals surface area contributed by atoms with E-state index in [4.69, 9.17) is 0 Å². The number of nitrogens with zero attached hydrogens (tertiary/aromatic N) is 5. The lowest BCUT2D eigenvalue weighted by Gasteiger charge is -2.21. The van der Waals surface area contributed by atoms with Gasteiger partial charge < -0.3 is 20.3 Å². The first-order valence-corrected chi connectivity index (χ1v) is 11.9. The first-order valence-electron chi connectivity index (χ1n) is 10.9. The van der Waals surface area contributed by atoms with E-state index in [9.17, 15) is 14.4 Å². The topological polar surface area (TPSA) is 131 Å². The summed E-state index contributed by atoms with van der Waals surface area (Å²) in [5.74, 6) is -0.179. The minimum absolute atomic E-state index is 0.00176. The van der Waals surface area contributed by atoms with Crippen LogP contribution in [0.1, 0.15) is 22.6 Å². The highest BCUT2D eigenvalue weighted by Crippen LogP contribution is 2.34. The number of carbonyl (C=O) groups is 3. The number of amides is 2. The molecule has 1 aromatic carbocycles. The Balaban J connectivity index is 1.39. The van der Waals surface area contributed by atoms with Crippen LogP contribution in [0.4, 0.5) is 11.5 Å². The Hall–Kier alpha value is -3.93. The van der Waals surface area contributed by atoms with Gasteiger partial charge in [0, 0.05) is 24.2 Å². The molecule has 4 rings (SSSR count). The molecular formula is C23H25N7O4S. The normalized spacial score (nSPS) is 15.2. The monoisotopic (exact) mass is 495 g/mol. The summed E-state index contributed by atoms with van der Waals surface area (Å²) in [6.07, 6.45) is 3.30. The molecule has 182 valence electrons. The van der Waals surface area contributed by atoms with Crippen molar-refractivity contribution in [1.29, 1.82) is 0 Å². The summed E-state index contributed by atoms with van der Waals surface area (Å²) in [7, 11) is 2.99. The molecule has 0 saturated carbocycles. The van der Waals surface area contributed by atoms with Crippen LogP contribution >= 0.6 is 11.8 Å². The second kappa shape index (κ2) is 11.0. The molecule has 2 N–H and O–H groups in total. The number of ether oxygens (including phenoxy) is 1. The lowest BCUT2D eigenvalue weighted by Crippen LogP contribution is -2.48. The molecule has 2 aromatic heterocycles. The van der Waals surface area contributed by atoms with Crippen LogP contribution in [0.3, 0.4) is 0 Å². The standard InChI is InChI=1S/C23H25N7O4S/c1-29-17-11-25-19(24-9-8-20(31)34-2)10-18(17)35-13-16(23(29)33)27-22(32)21-26-14-30(28-21)12-15-6-4-3-5-7-15/h3-7,10-11,14,16H,8-9,12-13H2,1-2H3,(H,24,25)(H,27,32)/t16-/m0/s1. The molecule has 0 aliphatic carbocycles. The Bertz CT molecular complexity index is 1220. The van der Waals surface area contributed by atoms with E-state index in [1.54, 1.807) is 17.9 Å². The summed E-state index contributed by atoms with van der Waals surface area (Å²) >= 11 is 1.43. The maximum Gasteiger partial charge on any atom is 0.307 e. The lowest BCUT2D eigenvalue weighted by atomic mass is 10.2. The third kappa shape index (κ3) is 5.96. The number of carbonyl (C=O) groups excluding carboxylic acids is 3. The van der Waals surface area contributed by atoms with Crippen molar-refractivity contribution in [2.45, 2.75) is 23.9 Å².